The van der Waals surface area contributed by atoms with Gasteiger partial charge in [0.05, 0.1) is 24.7 Å². The minimum atomic E-state index is -2.88. The standard InChI is InChI=1S/C19H20BrO3S.C18H20BrO4S2.C18H20BrO3S.C18H20BrO2S2.C18H20BrO2S/c1-3-17(20)19(22)23-15-9-11-16(12-10-15)24(2)13-18(21)14-7-5-4-6-8-14;1-2-15(19)18(20)23-16-7-8-17(14-6-4-3-5-13(14)16)24-9-11-25(21,22)12-10-24;1-18(2,19)17(20)22-15-7-8-16(23-11-9-21-10-12-23)14-6-4-3-5-13(14)15;1-18(2,19)17(20)21-15-7-8-16(23-11-9-22-10-12-23)14-6-4-3-5-13(14)15;1-18(2,19)17(20)21-15-9-5-8-14-13(15)7-6-10-16(14)22-11-3-4-12-22/h4-12,17H,3,13H2,1-2H3;3-8,15H,2,9-12H2,1H3;2*3-8H,9-12H2,1-2H3;5-10H,3-4,11-12H2,1-2H3/q5*+1. The van der Waals surface area contributed by atoms with Gasteiger partial charge in [0.25, 0.3) is 0 Å². The summed E-state index contributed by atoms with van der Waals surface area (Å²) < 4.78 is 54.6. The largest absolute Gasteiger partial charge is 0.426 e. The van der Waals surface area contributed by atoms with E-state index in [1.54, 1.807) is 53.7 Å². The van der Waals surface area contributed by atoms with E-state index < -0.39 is 22.8 Å². The average Bonchev–Trinajstić information content (AvgIpc) is 0.993. The first-order valence-corrected chi connectivity index (χ1v) is 53.9. The second-order valence-electron chi connectivity index (χ2n) is 29.3. The maximum atomic E-state index is 12.3. The topological polar surface area (TPSA) is 192 Å². The summed E-state index contributed by atoms with van der Waals surface area (Å²) in [5.41, 5.74) is 0.741. The summed E-state index contributed by atoms with van der Waals surface area (Å²) in [5, 5.41) is 8.61. The molecule has 26 heteroatoms. The molecular weight excluding hydrogens is 1940 g/mol. The van der Waals surface area contributed by atoms with Crippen LogP contribution in [0, 0.1) is 0 Å². The Bertz CT molecular complexity index is 5080. The predicted molar refractivity (Wildman–Crippen MR) is 510 cm³/mol. The summed E-state index contributed by atoms with van der Waals surface area (Å²) in [4.78, 5) is 78.5. The number of alkyl halides is 5. The van der Waals surface area contributed by atoms with Gasteiger partial charge in [0.2, 0.25) is 5.78 Å². The molecule has 0 spiro atoms. The Labute approximate surface area is 749 Å². The molecule has 4 heterocycles. The van der Waals surface area contributed by atoms with Crippen LogP contribution in [-0.2, 0) is 93.0 Å². The van der Waals surface area contributed by atoms with Gasteiger partial charge < -0.3 is 28.4 Å². The monoisotopic (exact) mass is 2040 g/mol. The zero-order valence-electron chi connectivity index (χ0n) is 67.1. The highest BCUT2D eigenvalue weighted by Gasteiger charge is 2.37. The molecule has 0 bridgehead atoms. The minimum absolute atomic E-state index is 0.0895. The zero-order valence-corrected chi connectivity index (χ0v) is 80.8. The highest BCUT2D eigenvalue weighted by Crippen LogP contribution is 2.40. The SMILES string of the molecule is CC(C)(Br)C(=O)Oc1ccc([S+]2CCOCC2)c2ccccc12.CC(C)(Br)C(=O)Oc1ccc([S+]2CCSCC2)c2ccccc12.CC(C)(Br)C(=O)Oc1cccc2c([S+]3CCCC3)cccc12.CCC(Br)C(=O)Oc1ccc([S+](C)CC(=O)c2ccccc2)cc1.CCC(Br)C(=O)Oc1ccc([S+]2CCS(=O)(=O)CC2)c2ccccc12. The lowest BCUT2D eigenvalue weighted by Crippen LogP contribution is -2.32. The van der Waals surface area contributed by atoms with Crippen molar-refractivity contribution in [3.8, 4) is 28.7 Å². The molecule has 4 aliphatic heterocycles. The van der Waals surface area contributed by atoms with Gasteiger partial charge in [-0.2, -0.15) is 11.8 Å². The number of benzene rings is 10. The van der Waals surface area contributed by atoms with Crippen LogP contribution in [-0.4, -0.2) is 161 Å². The van der Waals surface area contributed by atoms with E-state index in [0.717, 1.165) is 67.0 Å². The number of rotatable bonds is 20. The molecule has 14 nitrogen and oxygen atoms in total. The number of carbonyl (C=O) groups is 6. The van der Waals surface area contributed by atoms with Crippen LogP contribution in [0.3, 0.4) is 0 Å². The number of hydrogen-bond acceptors (Lipinski definition) is 15. The maximum Gasteiger partial charge on any atom is 0.327 e. The van der Waals surface area contributed by atoms with Gasteiger partial charge >= 0.3 is 29.8 Å². The molecule has 0 aliphatic carbocycles. The van der Waals surface area contributed by atoms with Crippen molar-refractivity contribution in [2.45, 2.75) is 128 Å². The normalized spacial score (nSPS) is 16.2. The summed E-state index contributed by atoms with van der Waals surface area (Å²) in [6.45, 7) is 16.2. The van der Waals surface area contributed by atoms with Crippen molar-refractivity contribution >= 4 is 234 Å². The molecule has 4 aliphatic rings. The number of ether oxygens (including phenoxy) is 6. The molecule has 4 saturated heterocycles. The Morgan fingerprint density at radius 2 is 0.769 bits per heavy atom. The molecule has 10 aromatic rings. The lowest BCUT2D eigenvalue weighted by atomic mass is 10.1. The summed E-state index contributed by atoms with van der Waals surface area (Å²) in [6, 6.07) is 65.3. The number of fused-ring (bicyclic) bond motifs is 4. The predicted octanol–water partition coefficient (Wildman–Crippen LogP) is 20.8. The third-order valence-electron chi connectivity index (χ3n) is 19.2. The van der Waals surface area contributed by atoms with E-state index in [1.807, 2.05) is 171 Å². The van der Waals surface area contributed by atoms with Gasteiger partial charge in [-0.1, -0.05) is 197 Å². The Morgan fingerprint density at radius 1 is 0.419 bits per heavy atom. The van der Waals surface area contributed by atoms with Crippen molar-refractivity contribution in [2.75, 3.05) is 94.3 Å². The fourth-order valence-corrected chi connectivity index (χ4v) is 28.3. The highest BCUT2D eigenvalue weighted by atomic mass is 79.9. The van der Waals surface area contributed by atoms with Crippen LogP contribution in [0.4, 0.5) is 0 Å². The number of Topliss-reactive ketones (excluding diaryl/α,β-unsaturated/α-hetero) is 1. The molecule has 3 unspecified atom stereocenters. The van der Waals surface area contributed by atoms with Crippen LogP contribution in [0.25, 0.3) is 43.1 Å². The zero-order chi connectivity index (χ0) is 84.2. The van der Waals surface area contributed by atoms with Crippen LogP contribution in [0.15, 0.2) is 225 Å². The second kappa shape index (κ2) is 44.1. The van der Waals surface area contributed by atoms with Crippen LogP contribution in [0.1, 0.15) is 91.4 Å². The number of ketones is 1. The van der Waals surface area contributed by atoms with Crippen molar-refractivity contribution in [2.24, 2.45) is 0 Å². The highest BCUT2D eigenvalue weighted by molar-refractivity contribution is 9.10. The smallest absolute Gasteiger partial charge is 0.327 e. The van der Waals surface area contributed by atoms with Crippen molar-refractivity contribution in [3.05, 3.63) is 206 Å². The second-order valence-corrected chi connectivity index (χ2v) is 52.0. The van der Waals surface area contributed by atoms with Crippen molar-refractivity contribution in [3.63, 3.8) is 0 Å². The molecule has 3 atom stereocenters. The maximum absolute atomic E-state index is 12.3. The molecule has 117 heavy (non-hydrogen) atoms. The van der Waals surface area contributed by atoms with E-state index in [4.69, 9.17) is 28.4 Å². The fourth-order valence-electron chi connectivity index (χ4n) is 12.7. The molecule has 0 saturated carbocycles. The summed E-state index contributed by atoms with van der Waals surface area (Å²) >= 11 is 18.7. The Balaban J connectivity index is 0.000000154. The van der Waals surface area contributed by atoms with E-state index in [0.29, 0.717) is 80.6 Å². The first-order chi connectivity index (χ1) is 55.8. The molecule has 0 aromatic heterocycles. The Kier molecular flexibility index (Phi) is 35.4. The molecule has 14 rings (SSSR count). The summed E-state index contributed by atoms with van der Waals surface area (Å²) in [7, 11) is -2.30. The number of halogens is 5. The first kappa shape index (κ1) is 93.9. The summed E-state index contributed by atoms with van der Waals surface area (Å²) in [6.07, 6.45) is 6.04. The van der Waals surface area contributed by atoms with Gasteiger partial charge in [-0.05, 0) is 164 Å². The van der Waals surface area contributed by atoms with Crippen molar-refractivity contribution < 1.29 is 65.6 Å². The van der Waals surface area contributed by atoms with Gasteiger partial charge in [-0.15, -0.1) is 0 Å². The molecule has 0 radical (unpaired) electrons. The molecule has 4 fully saturated rings. The molecule has 0 N–H and O–H groups in total. The van der Waals surface area contributed by atoms with Crippen LogP contribution < -0.4 is 23.7 Å². The van der Waals surface area contributed by atoms with Crippen molar-refractivity contribution in [1.29, 1.82) is 0 Å². The van der Waals surface area contributed by atoms with Gasteiger partial charge in [-0.25, -0.2) is 8.42 Å². The van der Waals surface area contributed by atoms with Crippen LogP contribution in [0.2, 0.25) is 0 Å². The molecule has 0 amide bonds. The Hall–Kier alpha value is -5.33. The molecular formula is C91H100Br5O14S7+5. The average molecular weight is 2040 g/mol. The number of hydrogen-bond donors (Lipinski definition) is 0. The van der Waals surface area contributed by atoms with Crippen LogP contribution in [0.5, 0.6) is 28.7 Å². The number of thioether (sulfide) groups is 1. The minimum Gasteiger partial charge on any atom is -0.426 e. The third-order valence-corrected chi connectivity index (χ3v) is 37.3. The number of carbonyl (C=O) groups excluding carboxylic acids is 6. The Morgan fingerprint density at radius 3 is 1.21 bits per heavy atom. The van der Waals surface area contributed by atoms with Gasteiger partial charge in [0, 0.05) is 115 Å². The first-order valence-electron chi connectivity index (χ1n) is 38.7. The molecule has 10 aromatic carbocycles. The lowest BCUT2D eigenvalue weighted by Gasteiger charge is -2.18. The van der Waals surface area contributed by atoms with Gasteiger partial charge in [0.1, 0.15) is 104 Å². The summed E-state index contributed by atoms with van der Waals surface area (Å²) in [5.74, 6) is 13.7. The van der Waals surface area contributed by atoms with E-state index in [2.05, 4.69) is 128 Å². The lowest BCUT2D eigenvalue weighted by molar-refractivity contribution is -0.136. The molecule has 620 valence electrons. The van der Waals surface area contributed by atoms with Gasteiger partial charge in [-0.3, -0.25) is 28.8 Å². The van der Waals surface area contributed by atoms with E-state index >= 15 is 0 Å². The fraction of sp³-hybridized carbons (Fsp3) is 0.363. The third kappa shape index (κ3) is 26.6. The van der Waals surface area contributed by atoms with E-state index in [9.17, 15) is 37.2 Å². The van der Waals surface area contributed by atoms with Crippen molar-refractivity contribution in [1.82, 2.24) is 0 Å². The van der Waals surface area contributed by atoms with E-state index in [-0.39, 0.29) is 89.5 Å². The number of esters is 5. The number of sulfone groups is 1. The van der Waals surface area contributed by atoms with E-state index in [1.165, 1.54) is 78.2 Å². The van der Waals surface area contributed by atoms with Gasteiger partial charge in [0.15, 0.2) is 40.1 Å². The van der Waals surface area contributed by atoms with Crippen LogP contribution >= 0.6 is 91.4 Å². The quantitative estimate of drug-likeness (QED) is 0.0230.